The molecule has 1 aliphatic heterocycles. The summed E-state index contributed by atoms with van der Waals surface area (Å²) >= 11 is 1.58. The molecular formula is C23H21FN8S. The van der Waals surface area contributed by atoms with Gasteiger partial charge in [0, 0.05) is 38.3 Å². The second-order valence-corrected chi connectivity index (χ2v) is 8.90. The molecule has 0 atom stereocenters. The Kier molecular flexibility index (Phi) is 5.08. The van der Waals surface area contributed by atoms with Crippen LogP contribution < -0.4 is 4.90 Å². The number of rotatable bonds is 5. The van der Waals surface area contributed by atoms with Gasteiger partial charge in [-0.3, -0.25) is 4.90 Å². The lowest BCUT2D eigenvalue weighted by Gasteiger charge is -2.33. The van der Waals surface area contributed by atoms with Crippen molar-refractivity contribution in [2.24, 2.45) is 0 Å². The number of fused-ring (bicyclic) bond motifs is 1. The first-order valence-corrected chi connectivity index (χ1v) is 11.6. The van der Waals surface area contributed by atoms with Crippen LogP contribution in [0.5, 0.6) is 0 Å². The minimum absolute atomic E-state index is 0.250. The maximum absolute atomic E-state index is 13.2. The lowest BCUT2D eigenvalue weighted by molar-refractivity contribution is 0.246. The zero-order chi connectivity index (χ0) is 22.2. The van der Waals surface area contributed by atoms with E-state index in [1.54, 1.807) is 28.3 Å². The van der Waals surface area contributed by atoms with Crippen molar-refractivity contribution in [1.29, 1.82) is 0 Å². The Morgan fingerprint density at radius 2 is 1.70 bits per heavy atom. The third-order valence-electron chi connectivity index (χ3n) is 5.73. The fourth-order valence-corrected chi connectivity index (χ4v) is 4.89. The van der Waals surface area contributed by atoms with Crippen LogP contribution in [-0.2, 0) is 6.54 Å². The van der Waals surface area contributed by atoms with Crippen molar-refractivity contribution in [3.05, 3.63) is 78.5 Å². The molecule has 0 spiro atoms. The smallest absolute Gasteiger partial charge is 0.214 e. The van der Waals surface area contributed by atoms with Crippen LogP contribution in [-0.4, -0.2) is 60.7 Å². The molecule has 10 heteroatoms. The summed E-state index contributed by atoms with van der Waals surface area (Å²) in [5.74, 6) is -0.250. The van der Waals surface area contributed by atoms with Gasteiger partial charge in [-0.25, -0.2) is 13.9 Å². The average Bonchev–Trinajstić information content (AvgIpc) is 3.56. The molecule has 0 bridgehead atoms. The van der Waals surface area contributed by atoms with Gasteiger partial charge in [-0.05, 0) is 36.4 Å². The molecule has 1 aliphatic rings. The second-order valence-electron chi connectivity index (χ2n) is 7.97. The minimum atomic E-state index is -0.250. The normalized spacial score (nSPS) is 14.9. The lowest BCUT2D eigenvalue weighted by atomic mass is 10.2. The van der Waals surface area contributed by atoms with Gasteiger partial charge in [-0.15, -0.1) is 5.10 Å². The van der Waals surface area contributed by atoms with Crippen molar-refractivity contribution >= 4 is 21.4 Å². The molecule has 33 heavy (non-hydrogen) atoms. The Balaban J connectivity index is 1.08. The summed E-state index contributed by atoms with van der Waals surface area (Å²) in [5, 5.41) is 14.7. The summed E-state index contributed by atoms with van der Waals surface area (Å²) in [6.45, 7) is 4.44. The molecule has 2 aromatic carbocycles. The van der Waals surface area contributed by atoms with Crippen molar-refractivity contribution < 1.29 is 4.39 Å². The lowest BCUT2D eigenvalue weighted by Crippen LogP contribution is -2.46. The number of halogens is 1. The van der Waals surface area contributed by atoms with Crippen molar-refractivity contribution in [2.45, 2.75) is 6.54 Å². The van der Waals surface area contributed by atoms with Crippen molar-refractivity contribution in [3.63, 3.8) is 0 Å². The number of anilines is 1. The van der Waals surface area contributed by atoms with Gasteiger partial charge in [0.1, 0.15) is 5.82 Å². The highest BCUT2D eigenvalue weighted by Gasteiger charge is 2.22. The van der Waals surface area contributed by atoms with Gasteiger partial charge in [0.2, 0.25) is 10.1 Å². The molecule has 1 fully saturated rings. The maximum Gasteiger partial charge on any atom is 0.214 e. The average molecular weight is 461 g/mol. The first kappa shape index (κ1) is 20.0. The second kappa shape index (κ2) is 8.38. The van der Waals surface area contributed by atoms with Crippen molar-refractivity contribution in [3.8, 4) is 16.9 Å². The van der Waals surface area contributed by atoms with Gasteiger partial charge in [-0.2, -0.15) is 15.0 Å². The Morgan fingerprint density at radius 1 is 0.909 bits per heavy atom. The topological polar surface area (TPSA) is 67.4 Å². The van der Waals surface area contributed by atoms with Crippen molar-refractivity contribution in [1.82, 2.24) is 34.5 Å². The van der Waals surface area contributed by atoms with Gasteiger partial charge in [0.15, 0.2) is 0 Å². The summed E-state index contributed by atoms with van der Waals surface area (Å²) in [7, 11) is 0. The van der Waals surface area contributed by atoms with Crippen LogP contribution in [0.15, 0.2) is 67.0 Å². The van der Waals surface area contributed by atoms with Gasteiger partial charge in [-0.1, -0.05) is 29.5 Å². The Bertz CT molecular complexity index is 1340. The number of imidazole rings is 1. The van der Waals surface area contributed by atoms with Gasteiger partial charge < -0.3 is 4.90 Å². The monoisotopic (exact) mass is 460 g/mol. The van der Waals surface area contributed by atoms with Crippen molar-refractivity contribution in [2.75, 3.05) is 31.1 Å². The van der Waals surface area contributed by atoms with Gasteiger partial charge in [0.25, 0.3) is 0 Å². The molecule has 0 N–H and O–H groups in total. The summed E-state index contributed by atoms with van der Waals surface area (Å²) in [5.41, 5.74) is 3.61. The van der Waals surface area contributed by atoms with E-state index in [4.69, 9.17) is 5.10 Å². The quantitative estimate of drug-likeness (QED) is 0.400. The van der Waals surface area contributed by atoms with Crippen LogP contribution in [0.4, 0.5) is 9.52 Å². The standard InChI is InChI=1S/C23H21FN8S/c24-18-8-6-17(7-9-18)21-16-31-22(26-21)33-23(28-31)30-12-10-29(11-13-30)15-19-14-25-32(27-19)20-4-2-1-3-5-20/h1-9,14,16H,10-13,15H2. The minimum Gasteiger partial charge on any atom is -0.344 e. The molecule has 1 saturated heterocycles. The number of aromatic nitrogens is 6. The summed E-state index contributed by atoms with van der Waals surface area (Å²) in [4.78, 5) is 11.9. The largest absolute Gasteiger partial charge is 0.344 e. The molecule has 3 aromatic heterocycles. The van der Waals surface area contributed by atoms with E-state index in [2.05, 4.69) is 25.0 Å². The fraction of sp³-hybridized carbons (Fsp3) is 0.217. The fourth-order valence-electron chi connectivity index (χ4n) is 3.96. The van der Waals surface area contributed by atoms with E-state index in [0.717, 1.165) is 65.5 Å². The molecule has 0 aliphatic carbocycles. The predicted molar refractivity (Wildman–Crippen MR) is 125 cm³/mol. The predicted octanol–water partition coefficient (Wildman–Crippen LogP) is 3.50. The van der Waals surface area contributed by atoms with Crippen LogP contribution in [0, 0.1) is 5.82 Å². The molecular weight excluding hydrogens is 439 g/mol. The van der Waals surface area contributed by atoms with Crippen LogP contribution >= 0.6 is 11.3 Å². The SMILES string of the molecule is Fc1ccc(-c2cn3nc(N4CCN(Cc5cnn(-c6ccccc6)n5)CC4)sc3n2)cc1. The summed E-state index contributed by atoms with van der Waals surface area (Å²) < 4.78 is 15.0. The highest BCUT2D eigenvalue weighted by molar-refractivity contribution is 7.20. The van der Waals surface area contributed by atoms with Gasteiger partial charge >= 0.3 is 0 Å². The Morgan fingerprint density at radius 3 is 2.45 bits per heavy atom. The number of piperazine rings is 1. The third-order valence-corrected chi connectivity index (χ3v) is 6.71. The van der Waals surface area contributed by atoms with Crippen LogP contribution in [0.3, 0.4) is 0 Å². The van der Waals surface area contributed by atoms with Gasteiger partial charge in [0.05, 0.1) is 29.5 Å². The van der Waals surface area contributed by atoms with E-state index in [0.29, 0.717) is 0 Å². The number of nitrogens with zero attached hydrogens (tertiary/aromatic N) is 8. The number of benzene rings is 2. The molecule has 166 valence electrons. The van der Waals surface area contributed by atoms with E-state index in [9.17, 15) is 4.39 Å². The number of hydrogen-bond acceptors (Lipinski definition) is 7. The van der Waals surface area contributed by atoms with E-state index in [-0.39, 0.29) is 5.82 Å². The molecule has 5 aromatic rings. The highest BCUT2D eigenvalue weighted by Crippen LogP contribution is 2.27. The Labute approximate surface area is 193 Å². The number of hydrogen-bond donors (Lipinski definition) is 0. The summed E-state index contributed by atoms with van der Waals surface area (Å²) in [6.07, 6.45) is 3.74. The molecule has 0 radical (unpaired) electrons. The molecule has 6 rings (SSSR count). The zero-order valence-corrected chi connectivity index (χ0v) is 18.6. The third kappa shape index (κ3) is 4.10. The first-order chi connectivity index (χ1) is 16.2. The van der Waals surface area contributed by atoms with Crippen LogP contribution in [0.1, 0.15) is 5.69 Å². The Hall–Kier alpha value is -3.63. The molecule has 0 unspecified atom stereocenters. The molecule has 8 nitrogen and oxygen atoms in total. The first-order valence-electron chi connectivity index (χ1n) is 10.8. The van der Waals surface area contributed by atoms with E-state index in [1.807, 2.05) is 47.2 Å². The number of para-hydroxylation sites is 1. The summed E-state index contributed by atoms with van der Waals surface area (Å²) in [6, 6.07) is 16.3. The zero-order valence-electron chi connectivity index (χ0n) is 17.8. The van der Waals surface area contributed by atoms with Crippen LogP contribution in [0.2, 0.25) is 0 Å². The molecule has 0 saturated carbocycles. The highest BCUT2D eigenvalue weighted by atomic mass is 32.1. The van der Waals surface area contributed by atoms with E-state index >= 15 is 0 Å². The molecule has 4 heterocycles. The maximum atomic E-state index is 13.2. The molecule has 0 amide bonds. The van der Waals surface area contributed by atoms with E-state index in [1.165, 1.54) is 12.1 Å². The van der Waals surface area contributed by atoms with Crippen LogP contribution in [0.25, 0.3) is 21.9 Å². The van der Waals surface area contributed by atoms with E-state index < -0.39 is 0 Å².